The van der Waals surface area contributed by atoms with Crippen LogP contribution in [0.15, 0.2) is 36.4 Å². The van der Waals surface area contributed by atoms with Crippen LogP contribution >= 0.6 is 0 Å². The number of unbranched alkanes of at least 4 members (excludes halogenated alkanes) is 3. The lowest BCUT2D eigenvalue weighted by Gasteiger charge is -2.37. The van der Waals surface area contributed by atoms with Gasteiger partial charge < -0.3 is 0 Å². The zero-order valence-electron chi connectivity index (χ0n) is 17.3. The summed E-state index contributed by atoms with van der Waals surface area (Å²) in [4.78, 5) is 0. The van der Waals surface area contributed by atoms with E-state index in [1.807, 2.05) is 0 Å². The summed E-state index contributed by atoms with van der Waals surface area (Å²) in [6.07, 6.45) is 20.3. The lowest BCUT2D eigenvalue weighted by molar-refractivity contribution is 0.171. The molecule has 0 unspecified atom stereocenters. The van der Waals surface area contributed by atoms with Gasteiger partial charge in [-0.3, -0.25) is 4.39 Å². The molecular formula is C26H39F. The molecule has 3 rings (SSSR count). The second-order valence-corrected chi connectivity index (χ2v) is 9.16. The maximum atomic E-state index is 12.1. The van der Waals surface area contributed by atoms with E-state index < -0.39 is 0 Å². The van der Waals surface area contributed by atoms with Gasteiger partial charge in [-0.25, -0.2) is 0 Å². The average molecular weight is 371 g/mol. The highest BCUT2D eigenvalue weighted by Gasteiger charge is 2.30. The molecule has 0 heterocycles. The fraction of sp³-hybridized carbons (Fsp3) is 0.692. The molecule has 0 N–H and O–H groups in total. The Morgan fingerprint density at radius 2 is 1.44 bits per heavy atom. The van der Waals surface area contributed by atoms with Crippen LogP contribution in [0.4, 0.5) is 4.39 Å². The van der Waals surface area contributed by atoms with E-state index >= 15 is 0 Å². The van der Waals surface area contributed by atoms with E-state index in [2.05, 4.69) is 43.3 Å². The average Bonchev–Trinajstić information content (AvgIpc) is 2.72. The van der Waals surface area contributed by atoms with Gasteiger partial charge in [0.1, 0.15) is 0 Å². The van der Waals surface area contributed by atoms with Crippen LogP contribution in [-0.2, 0) is 0 Å². The lowest BCUT2D eigenvalue weighted by Crippen LogP contribution is -2.25. The van der Waals surface area contributed by atoms with Crippen molar-refractivity contribution in [3.63, 3.8) is 0 Å². The van der Waals surface area contributed by atoms with Crippen molar-refractivity contribution in [2.24, 2.45) is 17.8 Å². The highest BCUT2D eigenvalue weighted by molar-refractivity contribution is 5.24. The van der Waals surface area contributed by atoms with Crippen molar-refractivity contribution in [1.82, 2.24) is 0 Å². The summed E-state index contributed by atoms with van der Waals surface area (Å²) in [5.74, 6) is 3.58. The summed E-state index contributed by atoms with van der Waals surface area (Å²) in [5.41, 5.74) is 2.94. The van der Waals surface area contributed by atoms with Gasteiger partial charge in [0.2, 0.25) is 0 Å². The van der Waals surface area contributed by atoms with Gasteiger partial charge in [0.15, 0.2) is 0 Å². The Hall–Kier alpha value is -1.11. The van der Waals surface area contributed by atoms with Gasteiger partial charge in [-0.05, 0) is 107 Å². The Morgan fingerprint density at radius 1 is 0.815 bits per heavy atom. The summed E-state index contributed by atoms with van der Waals surface area (Å²) in [6, 6.07) is 9.26. The molecule has 1 aromatic rings. The molecule has 2 aliphatic carbocycles. The van der Waals surface area contributed by atoms with Crippen LogP contribution in [-0.4, -0.2) is 6.67 Å². The maximum absolute atomic E-state index is 12.1. The minimum atomic E-state index is -0.152. The van der Waals surface area contributed by atoms with Gasteiger partial charge in [-0.2, -0.15) is 0 Å². The second-order valence-electron chi connectivity index (χ2n) is 9.16. The molecule has 0 radical (unpaired) electrons. The van der Waals surface area contributed by atoms with Gasteiger partial charge in [0.25, 0.3) is 0 Å². The number of hydrogen-bond acceptors (Lipinski definition) is 0. The van der Waals surface area contributed by atoms with Gasteiger partial charge in [-0.15, -0.1) is 0 Å². The third-order valence-corrected chi connectivity index (χ3v) is 7.22. The predicted molar refractivity (Wildman–Crippen MR) is 115 cm³/mol. The minimum Gasteiger partial charge on any atom is -0.251 e. The maximum Gasteiger partial charge on any atom is 0.0894 e. The molecule has 27 heavy (non-hydrogen) atoms. The molecule has 2 saturated carbocycles. The fourth-order valence-electron chi connectivity index (χ4n) is 5.39. The molecule has 0 atom stereocenters. The Bertz CT molecular complexity index is 542. The molecule has 0 amide bonds. The molecule has 0 aromatic heterocycles. The summed E-state index contributed by atoms with van der Waals surface area (Å²) < 4.78 is 12.1. The van der Waals surface area contributed by atoms with E-state index in [4.69, 9.17) is 0 Å². The molecule has 0 nitrogen and oxygen atoms in total. The molecule has 1 heteroatoms. The van der Waals surface area contributed by atoms with Crippen molar-refractivity contribution in [3.05, 3.63) is 47.5 Å². The van der Waals surface area contributed by atoms with Gasteiger partial charge >= 0.3 is 0 Å². The third kappa shape index (κ3) is 6.47. The van der Waals surface area contributed by atoms with Crippen molar-refractivity contribution in [3.8, 4) is 0 Å². The highest BCUT2D eigenvalue weighted by Crippen LogP contribution is 2.44. The van der Waals surface area contributed by atoms with Crippen molar-refractivity contribution in [2.45, 2.75) is 89.9 Å². The zero-order valence-corrected chi connectivity index (χ0v) is 17.3. The molecule has 2 fully saturated rings. The summed E-state index contributed by atoms with van der Waals surface area (Å²) in [6.45, 7) is 2.03. The van der Waals surface area contributed by atoms with Crippen molar-refractivity contribution >= 4 is 0 Å². The fourth-order valence-corrected chi connectivity index (χ4v) is 5.39. The van der Waals surface area contributed by atoms with E-state index in [0.29, 0.717) is 0 Å². The number of allylic oxidation sites excluding steroid dienone is 2. The van der Waals surface area contributed by atoms with Gasteiger partial charge in [0.05, 0.1) is 6.67 Å². The van der Waals surface area contributed by atoms with E-state index in [1.165, 1.54) is 56.9 Å². The molecule has 0 spiro atoms. The number of benzene rings is 1. The lowest BCUT2D eigenvalue weighted by atomic mass is 9.68. The number of alkyl halides is 1. The van der Waals surface area contributed by atoms with Crippen LogP contribution in [0.3, 0.4) is 0 Å². The third-order valence-electron chi connectivity index (χ3n) is 7.22. The molecule has 0 bridgehead atoms. The molecular weight excluding hydrogens is 331 g/mol. The molecule has 2 aliphatic rings. The molecule has 0 aliphatic heterocycles. The van der Waals surface area contributed by atoms with Crippen LogP contribution in [0.1, 0.15) is 94.1 Å². The quantitative estimate of drug-likeness (QED) is 0.320. The van der Waals surface area contributed by atoms with E-state index in [-0.39, 0.29) is 6.67 Å². The highest BCUT2D eigenvalue weighted by atomic mass is 19.1. The van der Waals surface area contributed by atoms with Crippen LogP contribution < -0.4 is 0 Å². The number of rotatable bonds is 8. The smallest absolute Gasteiger partial charge is 0.0894 e. The van der Waals surface area contributed by atoms with Crippen LogP contribution in [0.2, 0.25) is 0 Å². The number of aryl methyl sites for hydroxylation is 1. The van der Waals surface area contributed by atoms with Gasteiger partial charge in [-0.1, -0.05) is 48.4 Å². The summed E-state index contributed by atoms with van der Waals surface area (Å²) in [5, 5.41) is 0. The van der Waals surface area contributed by atoms with Crippen LogP contribution in [0.25, 0.3) is 0 Å². The Morgan fingerprint density at radius 3 is 2.07 bits per heavy atom. The normalized spacial score (nSPS) is 29.3. The van der Waals surface area contributed by atoms with Gasteiger partial charge in [0, 0.05) is 0 Å². The summed E-state index contributed by atoms with van der Waals surface area (Å²) in [7, 11) is 0. The molecule has 150 valence electrons. The van der Waals surface area contributed by atoms with Crippen molar-refractivity contribution in [1.29, 1.82) is 0 Å². The van der Waals surface area contributed by atoms with E-state index in [0.717, 1.165) is 49.4 Å². The first-order valence-electron chi connectivity index (χ1n) is 11.6. The Labute approximate surface area is 166 Å². The van der Waals surface area contributed by atoms with Crippen LogP contribution in [0, 0.1) is 24.7 Å². The number of halogens is 1. The predicted octanol–water partition coefficient (Wildman–Crippen LogP) is 8.16. The minimum absolute atomic E-state index is 0.152. The monoisotopic (exact) mass is 370 g/mol. The molecule has 0 saturated heterocycles. The Balaban J connectivity index is 1.34. The first-order valence-corrected chi connectivity index (χ1v) is 11.6. The first kappa shape index (κ1) is 20.6. The largest absolute Gasteiger partial charge is 0.251 e. The SMILES string of the molecule is Cc1ccc([C@H]2CC[C@H]([C@H]3CC[C@H](C=CCCCCCF)CC3)CC2)cc1. The standard InChI is InChI=1S/C26H39F/c1-21-8-12-23(13-9-21)25-16-18-26(19-17-25)24-14-10-22(11-15-24)7-5-3-2-4-6-20-27/h5,7-9,12-13,22,24-26H,2-4,6,10-11,14-20H2,1H3/t22-,24-,25-,26-. The second kappa shape index (κ2) is 11.0. The van der Waals surface area contributed by atoms with E-state index in [9.17, 15) is 4.39 Å². The Kier molecular flexibility index (Phi) is 8.42. The van der Waals surface area contributed by atoms with Crippen LogP contribution in [0.5, 0.6) is 0 Å². The van der Waals surface area contributed by atoms with Crippen molar-refractivity contribution in [2.75, 3.05) is 6.67 Å². The molecule has 1 aromatic carbocycles. The number of hydrogen-bond donors (Lipinski definition) is 0. The van der Waals surface area contributed by atoms with E-state index in [1.54, 1.807) is 5.56 Å². The van der Waals surface area contributed by atoms with Crippen molar-refractivity contribution < 1.29 is 4.39 Å². The zero-order chi connectivity index (χ0) is 18.9. The first-order chi connectivity index (χ1) is 13.3. The topological polar surface area (TPSA) is 0 Å². The summed E-state index contributed by atoms with van der Waals surface area (Å²) >= 11 is 0.